The lowest BCUT2D eigenvalue weighted by molar-refractivity contribution is 0.210. The van der Waals surface area contributed by atoms with Gasteiger partial charge in [-0.3, -0.25) is 0 Å². The average Bonchev–Trinajstić information content (AvgIpc) is 2.53. The van der Waals surface area contributed by atoms with E-state index in [4.69, 9.17) is 9.57 Å². The fourth-order valence-corrected chi connectivity index (χ4v) is 1.93. The van der Waals surface area contributed by atoms with Crippen LogP contribution in [0.3, 0.4) is 0 Å². The smallest absolute Gasteiger partial charge is 0.165 e. The highest BCUT2D eigenvalue weighted by Crippen LogP contribution is 2.19. The molecule has 0 N–H and O–H groups in total. The summed E-state index contributed by atoms with van der Waals surface area (Å²) in [4.78, 5) is 4.83. The van der Waals surface area contributed by atoms with E-state index in [0.717, 1.165) is 17.5 Å². The quantitative estimate of drug-likeness (QED) is 0.597. The van der Waals surface area contributed by atoms with Crippen molar-refractivity contribution in [1.82, 2.24) is 0 Å². The molecule has 0 aliphatic carbocycles. The van der Waals surface area contributed by atoms with Crippen LogP contribution in [0.5, 0.6) is 5.75 Å². The second kappa shape index (κ2) is 7.43. The van der Waals surface area contributed by atoms with Gasteiger partial charge in [-0.25, -0.2) is 4.39 Å². The topological polar surface area (TPSA) is 30.8 Å². The maximum absolute atomic E-state index is 13.9. The minimum Gasteiger partial charge on any atom is -0.484 e. The summed E-state index contributed by atoms with van der Waals surface area (Å²) in [6, 6.07) is 14.5. The van der Waals surface area contributed by atoms with Crippen molar-refractivity contribution < 1.29 is 14.0 Å². The molecule has 0 bridgehead atoms. The Kier molecular flexibility index (Phi) is 5.32. The van der Waals surface area contributed by atoms with Crippen LogP contribution in [-0.2, 0) is 11.3 Å². The molecule has 0 saturated heterocycles. The van der Waals surface area contributed by atoms with Gasteiger partial charge in [0.25, 0.3) is 0 Å². The fourth-order valence-electron chi connectivity index (χ4n) is 1.93. The SMILES string of the molecule is CCc1ccc(OC/C(=N\OC)c2ccccc2)c(F)c1. The maximum atomic E-state index is 13.9. The van der Waals surface area contributed by atoms with Gasteiger partial charge in [-0.2, -0.15) is 0 Å². The van der Waals surface area contributed by atoms with Gasteiger partial charge in [0.15, 0.2) is 11.6 Å². The molecule has 0 radical (unpaired) electrons. The number of oxime groups is 1. The van der Waals surface area contributed by atoms with Crippen molar-refractivity contribution in [1.29, 1.82) is 0 Å². The number of rotatable bonds is 6. The average molecular weight is 287 g/mol. The van der Waals surface area contributed by atoms with Crippen LogP contribution < -0.4 is 4.74 Å². The van der Waals surface area contributed by atoms with Crippen LogP contribution in [0.15, 0.2) is 53.7 Å². The lowest BCUT2D eigenvalue weighted by Crippen LogP contribution is -2.14. The first kappa shape index (κ1) is 15.0. The van der Waals surface area contributed by atoms with E-state index in [2.05, 4.69) is 5.16 Å². The number of halogens is 1. The largest absolute Gasteiger partial charge is 0.484 e. The summed E-state index contributed by atoms with van der Waals surface area (Å²) < 4.78 is 19.4. The van der Waals surface area contributed by atoms with Gasteiger partial charge in [-0.05, 0) is 24.1 Å². The first-order valence-corrected chi connectivity index (χ1v) is 6.81. The highest BCUT2D eigenvalue weighted by Gasteiger charge is 2.09. The molecule has 21 heavy (non-hydrogen) atoms. The standard InChI is InChI=1S/C17H18FNO2/c1-3-13-9-10-17(15(18)11-13)21-12-16(19-20-2)14-7-5-4-6-8-14/h4-11H,3,12H2,1-2H3/b19-16+. The van der Waals surface area contributed by atoms with E-state index < -0.39 is 0 Å². The highest BCUT2D eigenvalue weighted by atomic mass is 19.1. The van der Waals surface area contributed by atoms with Crippen molar-refractivity contribution in [2.24, 2.45) is 5.16 Å². The molecule has 0 aliphatic heterocycles. The molecule has 110 valence electrons. The monoisotopic (exact) mass is 287 g/mol. The molecule has 0 unspecified atom stereocenters. The van der Waals surface area contributed by atoms with Crippen molar-refractivity contribution in [3.63, 3.8) is 0 Å². The Morgan fingerprint density at radius 1 is 1.14 bits per heavy atom. The molecule has 0 saturated carbocycles. The van der Waals surface area contributed by atoms with Gasteiger partial charge >= 0.3 is 0 Å². The van der Waals surface area contributed by atoms with Crippen LogP contribution in [0.25, 0.3) is 0 Å². The lowest BCUT2D eigenvalue weighted by Gasteiger charge is -2.10. The molecule has 3 nitrogen and oxygen atoms in total. The van der Waals surface area contributed by atoms with E-state index in [9.17, 15) is 4.39 Å². The second-order valence-corrected chi connectivity index (χ2v) is 4.49. The van der Waals surface area contributed by atoms with E-state index in [-0.39, 0.29) is 18.2 Å². The highest BCUT2D eigenvalue weighted by molar-refractivity contribution is 6.01. The van der Waals surface area contributed by atoms with Gasteiger partial charge < -0.3 is 9.57 Å². The van der Waals surface area contributed by atoms with Crippen LogP contribution in [0.4, 0.5) is 4.39 Å². The molecular formula is C17H18FNO2. The number of benzene rings is 2. The predicted molar refractivity (Wildman–Crippen MR) is 81.3 cm³/mol. The molecule has 0 fully saturated rings. The molecule has 2 aromatic rings. The molecule has 4 heteroatoms. The summed E-state index contributed by atoms with van der Waals surface area (Å²) in [7, 11) is 1.47. The van der Waals surface area contributed by atoms with Crippen molar-refractivity contribution in [2.45, 2.75) is 13.3 Å². The predicted octanol–water partition coefficient (Wildman–Crippen LogP) is 3.82. The van der Waals surface area contributed by atoms with Crippen LogP contribution in [0, 0.1) is 5.82 Å². The molecule has 0 amide bonds. The molecular weight excluding hydrogens is 269 g/mol. The Balaban J connectivity index is 2.11. The number of aryl methyl sites for hydroxylation is 1. The molecule has 0 atom stereocenters. The molecule has 0 aromatic heterocycles. The second-order valence-electron chi connectivity index (χ2n) is 4.49. The van der Waals surface area contributed by atoms with E-state index >= 15 is 0 Å². The Morgan fingerprint density at radius 2 is 1.90 bits per heavy atom. The first-order valence-electron chi connectivity index (χ1n) is 6.81. The summed E-state index contributed by atoms with van der Waals surface area (Å²) in [6.07, 6.45) is 0.789. The van der Waals surface area contributed by atoms with E-state index in [1.165, 1.54) is 13.2 Å². The Morgan fingerprint density at radius 3 is 2.52 bits per heavy atom. The van der Waals surface area contributed by atoms with Crippen molar-refractivity contribution in [3.8, 4) is 5.75 Å². The van der Waals surface area contributed by atoms with Crippen LogP contribution in [-0.4, -0.2) is 19.4 Å². The Hall–Kier alpha value is -2.36. The molecule has 0 aliphatic rings. The van der Waals surface area contributed by atoms with Gasteiger partial charge in [0.05, 0.1) is 0 Å². The van der Waals surface area contributed by atoms with Gasteiger partial charge in [-0.15, -0.1) is 0 Å². The zero-order chi connectivity index (χ0) is 15.1. The minimum atomic E-state index is -0.362. The number of ether oxygens (including phenoxy) is 1. The van der Waals surface area contributed by atoms with Gasteiger partial charge in [-0.1, -0.05) is 48.5 Å². The summed E-state index contributed by atoms with van der Waals surface area (Å²) >= 11 is 0. The van der Waals surface area contributed by atoms with Gasteiger partial charge in [0.1, 0.15) is 19.4 Å². The molecule has 2 aromatic carbocycles. The molecule has 0 heterocycles. The lowest BCUT2D eigenvalue weighted by atomic mass is 10.1. The van der Waals surface area contributed by atoms with Crippen LogP contribution >= 0.6 is 0 Å². The number of hydrogen-bond donors (Lipinski definition) is 0. The fraction of sp³-hybridized carbons (Fsp3) is 0.235. The van der Waals surface area contributed by atoms with Crippen LogP contribution in [0.1, 0.15) is 18.1 Å². The van der Waals surface area contributed by atoms with Gasteiger partial charge in [0.2, 0.25) is 0 Å². The summed E-state index contributed by atoms with van der Waals surface area (Å²) in [5.74, 6) is -0.147. The van der Waals surface area contributed by atoms with E-state index in [1.807, 2.05) is 43.3 Å². The normalized spacial score (nSPS) is 11.3. The summed E-state index contributed by atoms with van der Waals surface area (Å²) in [5, 5.41) is 3.94. The third-order valence-corrected chi connectivity index (χ3v) is 3.08. The van der Waals surface area contributed by atoms with Crippen LogP contribution in [0.2, 0.25) is 0 Å². The number of hydrogen-bond acceptors (Lipinski definition) is 3. The third kappa shape index (κ3) is 4.05. The number of nitrogens with zero attached hydrogens (tertiary/aromatic N) is 1. The third-order valence-electron chi connectivity index (χ3n) is 3.08. The first-order chi connectivity index (χ1) is 10.2. The maximum Gasteiger partial charge on any atom is 0.165 e. The zero-order valence-corrected chi connectivity index (χ0v) is 12.2. The minimum absolute atomic E-state index is 0.139. The van der Waals surface area contributed by atoms with E-state index in [1.54, 1.807) is 6.07 Å². The Labute approximate surface area is 124 Å². The van der Waals surface area contributed by atoms with Crippen molar-refractivity contribution >= 4 is 5.71 Å². The molecule has 2 rings (SSSR count). The van der Waals surface area contributed by atoms with Crippen molar-refractivity contribution in [3.05, 3.63) is 65.5 Å². The van der Waals surface area contributed by atoms with Crippen molar-refractivity contribution in [2.75, 3.05) is 13.7 Å². The summed E-state index contributed by atoms with van der Waals surface area (Å²) in [5.41, 5.74) is 2.43. The van der Waals surface area contributed by atoms with E-state index in [0.29, 0.717) is 5.71 Å². The molecule has 0 spiro atoms. The zero-order valence-electron chi connectivity index (χ0n) is 12.2. The van der Waals surface area contributed by atoms with Gasteiger partial charge in [0, 0.05) is 5.56 Å². The Bertz CT molecular complexity index is 611. The summed E-state index contributed by atoms with van der Waals surface area (Å²) in [6.45, 7) is 2.12.